The van der Waals surface area contributed by atoms with Crippen LogP contribution in [0.25, 0.3) is 0 Å². The molecule has 0 fully saturated rings. The van der Waals surface area contributed by atoms with Gasteiger partial charge in [-0.15, -0.1) is 0 Å². The highest BCUT2D eigenvalue weighted by Crippen LogP contribution is 2.37. The molecular weight excluding hydrogens is 406 g/mol. The number of nitrogens with one attached hydrogen (secondary N) is 1. The highest BCUT2D eigenvalue weighted by atomic mass is 16.5. The average molecular weight is 431 g/mol. The molecule has 0 spiro atoms. The number of benzene rings is 2. The van der Waals surface area contributed by atoms with Crippen LogP contribution >= 0.6 is 0 Å². The SMILES string of the molecule is COc1ccc(CNC(=O)CCCN2C(=O)[C@H](c3ccccc3)Oc3cccnc32)cc1. The van der Waals surface area contributed by atoms with Crippen molar-refractivity contribution in [2.24, 2.45) is 0 Å². The van der Waals surface area contributed by atoms with Crippen molar-refractivity contribution in [3.8, 4) is 11.5 Å². The summed E-state index contributed by atoms with van der Waals surface area (Å²) in [5, 5.41) is 2.92. The maximum absolute atomic E-state index is 13.2. The topological polar surface area (TPSA) is 80.8 Å². The molecule has 0 unspecified atom stereocenters. The molecular formula is C25H25N3O4. The fourth-order valence-electron chi connectivity index (χ4n) is 3.58. The molecule has 2 heterocycles. The van der Waals surface area contributed by atoms with E-state index >= 15 is 0 Å². The number of pyridine rings is 1. The highest BCUT2D eigenvalue weighted by Gasteiger charge is 2.36. The quantitative estimate of drug-likeness (QED) is 0.589. The zero-order valence-electron chi connectivity index (χ0n) is 17.9. The lowest BCUT2D eigenvalue weighted by Gasteiger charge is -2.33. The van der Waals surface area contributed by atoms with Gasteiger partial charge in [-0.1, -0.05) is 42.5 Å². The predicted molar refractivity (Wildman–Crippen MR) is 120 cm³/mol. The number of fused-ring (bicyclic) bond motifs is 1. The molecule has 1 aromatic heterocycles. The summed E-state index contributed by atoms with van der Waals surface area (Å²) in [5.74, 6) is 1.58. The summed E-state index contributed by atoms with van der Waals surface area (Å²) in [6.07, 6.45) is 1.72. The lowest BCUT2D eigenvalue weighted by atomic mass is 10.1. The smallest absolute Gasteiger partial charge is 0.274 e. The molecule has 0 saturated carbocycles. The summed E-state index contributed by atoms with van der Waals surface area (Å²) in [7, 11) is 1.62. The third kappa shape index (κ3) is 4.88. The van der Waals surface area contributed by atoms with Gasteiger partial charge in [0.2, 0.25) is 12.0 Å². The van der Waals surface area contributed by atoms with Gasteiger partial charge < -0.3 is 14.8 Å². The number of hydrogen-bond acceptors (Lipinski definition) is 5. The number of aromatic nitrogens is 1. The first-order valence-electron chi connectivity index (χ1n) is 10.5. The minimum absolute atomic E-state index is 0.0672. The van der Waals surface area contributed by atoms with E-state index in [2.05, 4.69) is 10.3 Å². The molecule has 1 atom stereocenters. The van der Waals surface area contributed by atoms with Gasteiger partial charge in [0.1, 0.15) is 5.75 Å². The van der Waals surface area contributed by atoms with E-state index in [9.17, 15) is 9.59 Å². The molecule has 7 heteroatoms. The van der Waals surface area contributed by atoms with E-state index in [-0.39, 0.29) is 11.8 Å². The second-order valence-electron chi connectivity index (χ2n) is 7.45. The molecule has 1 aliphatic rings. The van der Waals surface area contributed by atoms with Gasteiger partial charge in [0.25, 0.3) is 5.91 Å². The van der Waals surface area contributed by atoms with Crippen LogP contribution in [0.3, 0.4) is 0 Å². The van der Waals surface area contributed by atoms with Gasteiger partial charge in [0.05, 0.1) is 7.11 Å². The first-order chi connectivity index (χ1) is 15.7. The van der Waals surface area contributed by atoms with Gasteiger partial charge in [0, 0.05) is 31.3 Å². The third-order valence-electron chi connectivity index (χ3n) is 5.28. The first-order valence-corrected chi connectivity index (χ1v) is 10.5. The number of hydrogen-bond donors (Lipinski definition) is 1. The summed E-state index contributed by atoms with van der Waals surface area (Å²) in [4.78, 5) is 31.4. The zero-order chi connectivity index (χ0) is 22.3. The summed E-state index contributed by atoms with van der Waals surface area (Å²) >= 11 is 0. The number of carbonyl (C=O) groups excluding carboxylic acids is 2. The maximum atomic E-state index is 13.2. The van der Waals surface area contributed by atoms with Crippen molar-refractivity contribution in [2.75, 3.05) is 18.6 Å². The van der Waals surface area contributed by atoms with Gasteiger partial charge in [-0.3, -0.25) is 14.5 Å². The number of ether oxygens (including phenoxy) is 2. The van der Waals surface area contributed by atoms with E-state index in [0.717, 1.165) is 16.9 Å². The molecule has 164 valence electrons. The largest absolute Gasteiger partial charge is 0.497 e. The Morgan fingerprint density at radius 1 is 1.09 bits per heavy atom. The van der Waals surface area contributed by atoms with E-state index < -0.39 is 6.10 Å². The Bertz CT molecular complexity index is 1070. The van der Waals surface area contributed by atoms with Gasteiger partial charge >= 0.3 is 0 Å². The van der Waals surface area contributed by atoms with E-state index in [0.29, 0.717) is 37.5 Å². The van der Waals surface area contributed by atoms with Crippen molar-refractivity contribution in [1.82, 2.24) is 10.3 Å². The van der Waals surface area contributed by atoms with Crippen LogP contribution in [0.15, 0.2) is 72.9 Å². The number of nitrogens with zero attached hydrogens (tertiary/aromatic N) is 2. The molecule has 7 nitrogen and oxygen atoms in total. The molecule has 1 aliphatic heterocycles. The van der Waals surface area contributed by atoms with Crippen LogP contribution in [0.5, 0.6) is 11.5 Å². The lowest BCUT2D eigenvalue weighted by molar-refractivity contribution is -0.127. The minimum atomic E-state index is -0.725. The predicted octanol–water partition coefficient (Wildman–Crippen LogP) is 3.65. The Hall–Kier alpha value is -3.87. The molecule has 32 heavy (non-hydrogen) atoms. The number of amides is 2. The molecule has 2 amide bonds. The van der Waals surface area contributed by atoms with Crippen LogP contribution in [0.4, 0.5) is 5.82 Å². The van der Waals surface area contributed by atoms with Crippen molar-refractivity contribution in [3.05, 3.63) is 84.1 Å². The second-order valence-corrected chi connectivity index (χ2v) is 7.45. The van der Waals surface area contributed by atoms with Crippen LogP contribution in [0.2, 0.25) is 0 Å². The number of methoxy groups -OCH3 is 1. The van der Waals surface area contributed by atoms with E-state index in [1.54, 1.807) is 30.3 Å². The molecule has 3 aromatic rings. The molecule has 2 aromatic carbocycles. The molecule has 4 rings (SSSR count). The second kappa shape index (κ2) is 9.96. The molecule has 1 N–H and O–H groups in total. The van der Waals surface area contributed by atoms with E-state index in [1.165, 1.54) is 0 Å². The van der Waals surface area contributed by atoms with Gasteiger partial charge in [0.15, 0.2) is 11.6 Å². The fraction of sp³-hybridized carbons (Fsp3) is 0.240. The van der Waals surface area contributed by atoms with Crippen molar-refractivity contribution in [3.63, 3.8) is 0 Å². The Kier molecular flexibility index (Phi) is 6.65. The molecule has 0 bridgehead atoms. The Balaban J connectivity index is 1.36. The van der Waals surface area contributed by atoms with Crippen molar-refractivity contribution >= 4 is 17.6 Å². The average Bonchev–Trinajstić information content (AvgIpc) is 2.84. The summed E-state index contributed by atoms with van der Waals surface area (Å²) in [6.45, 7) is 0.825. The summed E-state index contributed by atoms with van der Waals surface area (Å²) in [5.41, 5.74) is 1.78. The standard InChI is InChI=1S/C25H25N3O4/c1-31-20-13-11-18(12-14-20)17-27-22(29)10-6-16-28-24-21(9-5-15-26-24)32-23(25(28)30)19-7-3-2-4-8-19/h2-5,7-9,11-15,23H,6,10,16-17H2,1H3,(H,27,29)/t23-/m0/s1. The number of anilines is 1. The van der Waals surface area contributed by atoms with Crippen molar-refractivity contribution in [1.29, 1.82) is 0 Å². The maximum Gasteiger partial charge on any atom is 0.274 e. The minimum Gasteiger partial charge on any atom is -0.497 e. The molecule has 0 radical (unpaired) electrons. The summed E-state index contributed by atoms with van der Waals surface area (Å²) < 4.78 is 11.1. The van der Waals surface area contributed by atoms with Crippen molar-refractivity contribution < 1.29 is 19.1 Å². The van der Waals surface area contributed by atoms with Crippen LogP contribution in [-0.4, -0.2) is 30.5 Å². The monoisotopic (exact) mass is 431 g/mol. The first kappa shape index (κ1) is 21.4. The van der Waals surface area contributed by atoms with Crippen LogP contribution in [-0.2, 0) is 16.1 Å². The lowest BCUT2D eigenvalue weighted by Crippen LogP contribution is -2.42. The van der Waals surface area contributed by atoms with Gasteiger partial charge in [-0.2, -0.15) is 0 Å². The Morgan fingerprint density at radius 2 is 1.88 bits per heavy atom. The fourth-order valence-corrected chi connectivity index (χ4v) is 3.58. The third-order valence-corrected chi connectivity index (χ3v) is 5.28. The van der Waals surface area contributed by atoms with E-state index in [4.69, 9.17) is 9.47 Å². The van der Waals surface area contributed by atoms with Crippen LogP contribution in [0, 0.1) is 0 Å². The molecule has 0 aliphatic carbocycles. The number of carbonyl (C=O) groups is 2. The summed E-state index contributed by atoms with van der Waals surface area (Å²) in [6, 6.07) is 20.5. The van der Waals surface area contributed by atoms with Crippen molar-refractivity contribution in [2.45, 2.75) is 25.5 Å². The molecule has 0 saturated heterocycles. The number of rotatable bonds is 8. The Labute approximate surface area is 187 Å². The zero-order valence-corrected chi connectivity index (χ0v) is 17.9. The van der Waals surface area contributed by atoms with Gasteiger partial charge in [-0.25, -0.2) is 4.98 Å². The highest BCUT2D eigenvalue weighted by molar-refractivity contribution is 5.99. The van der Waals surface area contributed by atoms with Crippen LogP contribution in [0.1, 0.15) is 30.1 Å². The van der Waals surface area contributed by atoms with E-state index in [1.807, 2.05) is 54.6 Å². The Morgan fingerprint density at radius 3 is 2.62 bits per heavy atom. The van der Waals surface area contributed by atoms with Crippen LogP contribution < -0.4 is 19.7 Å². The van der Waals surface area contributed by atoms with Gasteiger partial charge in [-0.05, 0) is 36.2 Å². The normalized spacial score (nSPS) is 15.0.